The number of rotatable bonds is 3. The van der Waals surface area contributed by atoms with Gasteiger partial charge in [0.05, 0.1) is 17.8 Å². The number of halogens is 1. The Balaban J connectivity index is 2.27. The fraction of sp³-hybridized carbons (Fsp3) is 0.571. The highest BCUT2D eigenvalue weighted by Gasteiger charge is 2.25. The van der Waals surface area contributed by atoms with Crippen LogP contribution in [0, 0.1) is 0 Å². The van der Waals surface area contributed by atoms with Gasteiger partial charge in [-0.2, -0.15) is 0 Å². The molecule has 1 aromatic carbocycles. The molecule has 4 heteroatoms. The van der Waals surface area contributed by atoms with Crippen LogP contribution in [0.3, 0.4) is 0 Å². The highest BCUT2D eigenvalue weighted by Crippen LogP contribution is 2.32. The van der Waals surface area contributed by atoms with E-state index in [0.29, 0.717) is 12.1 Å². The molecule has 1 aliphatic heterocycles. The minimum Gasteiger partial charge on any atom is -0.497 e. The quantitative estimate of drug-likeness (QED) is 0.912. The number of nitrogens with one attached hydrogen (secondary N) is 1. The molecule has 2 rings (SSSR count). The Morgan fingerprint density at radius 3 is 2.94 bits per heavy atom. The van der Waals surface area contributed by atoms with Crippen LogP contribution >= 0.6 is 11.6 Å². The van der Waals surface area contributed by atoms with Gasteiger partial charge in [-0.3, -0.25) is 0 Å². The third-order valence-corrected chi connectivity index (χ3v) is 3.93. The predicted molar refractivity (Wildman–Crippen MR) is 76.9 cm³/mol. The molecule has 0 bridgehead atoms. The average Bonchev–Trinajstić information content (AvgIpc) is 2.40. The van der Waals surface area contributed by atoms with Crippen LogP contribution in [0.2, 0.25) is 5.02 Å². The van der Waals surface area contributed by atoms with Crippen LogP contribution in [0.15, 0.2) is 18.2 Å². The fourth-order valence-electron chi connectivity index (χ4n) is 2.38. The molecule has 1 aromatic rings. The maximum atomic E-state index is 6.33. The molecule has 18 heavy (non-hydrogen) atoms. The summed E-state index contributed by atoms with van der Waals surface area (Å²) in [6.07, 6.45) is 1.13. The molecule has 0 spiro atoms. The molecule has 0 aromatic heterocycles. The van der Waals surface area contributed by atoms with Gasteiger partial charge in [0.15, 0.2) is 0 Å². The molecule has 0 radical (unpaired) electrons. The number of anilines is 1. The third-order valence-electron chi connectivity index (χ3n) is 3.61. The van der Waals surface area contributed by atoms with Crippen molar-refractivity contribution in [1.82, 2.24) is 5.32 Å². The summed E-state index contributed by atoms with van der Waals surface area (Å²) in [5.74, 6) is 0.855. The van der Waals surface area contributed by atoms with Gasteiger partial charge in [0.25, 0.3) is 0 Å². The van der Waals surface area contributed by atoms with E-state index in [9.17, 15) is 0 Å². The summed E-state index contributed by atoms with van der Waals surface area (Å²) in [5.41, 5.74) is 1.07. The standard InChI is InChI=1S/C14H21ClN2O/c1-4-11-9-17(10(2)8-16-11)14-7-12(18-3)5-6-13(14)15/h5-7,10-11,16H,4,8-9H2,1-3H3. The zero-order valence-corrected chi connectivity index (χ0v) is 12.0. The van der Waals surface area contributed by atoms with Crippen LogP contribution < -0.4 is 15.0 Å². The largest absolute Gasteiger partial charge is 0.497 e. The molecule has 1 N–H and O–H groups in total. The predicted octanol–water partition coefficient (Wildman–Crippen LogP) is 2.93. The Bertz CT molecular complexity index is 411. The molecule has 3 nitrogen and oxygen atoms in total. The monoisotopic (exact) mass is 268 g/mol. The van der Waals surface area contributed by atoms with Crippen LogP contribution in [0.1, 0.15) is 20.3 Å². The van der Waals surface area contributed by atoms with Crippen molar-refractivity contribution < 1.29 is 4.74 Å². The van der Waals surface area contributed by atoms with Crippen LogP contribution in [0.25, 0.3) is 0 Å². The van der Waals surface area contributed by atoms with E-state index in [1.165, 1.54) is 0 Å². The summed E-state index contributed by atoms with van der Waals surface area (Å²) in [5, 5.41) is 4.34. The summed E-state index contributed by atoms with van der Waals surface area (Å²) < 4.78 is 5.29. The van der Waals surface area contributed by atoms with Crippen molar-refractivity contribution in [3.8, 4) is 5.75 Å². The SMILES string of the molecule is CCC1CN(c2cc(OC)ccc2Cl)C(C)CN1. The minimum atomic E-state index is 0.442. The molecule has 0 aliphatic carbocycles. The fourth-order valence-corrected chi connectivity index (χ4v) is 2.60. The molecule has 2 atom stereocenters. The van der Waals surface area contributed by atoms with Crippen molar-refractivity contribution in [3.63, 3.8) is 0 Å². The minimum absolute atomic E-state index is 0.442. The van der Waals surface area contributed by atoms with Gasteiger partial charge in [-0.1, -0.05) is 18.5 Å². The van der Waals surface area contributed by atoms with Crippen molar-refractivity contribution >= 4 is 17.3 Å². The number of hydrogen-bond donors (Lipinski definition) is 1. The molecule has 1 heterocycles. The highest BCUT2D eigenvalue weighted by atomic mass is 35.5. The second-order valence-electron chi connectivity index (χ2n) is 4.83. The maximum Gasteiger partial charge on any atom is 0.121 e. The number of hydrogen-bond acceptors (Lipinski definition) is 3. The summed E-state index contributed by atoms with van der Waals surface area (Å²) in [6, 6.07) is 6.80. The first-order valence-corrected chi connectivity index (χ1v) is 6.87. The molecule has 1 saturated heterocycles. The molecule has 0 saturated carbocycles. The topological polar surface area (TPSA) is 24.5 Å². The van der Waals surface area contributed by atoms with Crippen LogP contribution in [-0.4, -0.2) is 32.3 Å². The van der Waals surface area contributed by atoms with Gasteiger partial charge in [0, 0.05) is 31.2 Å². The third kappa shape index (κ3) is 2.73. The van der Waals surface area contributed by atoms with Crippen LogP contribution in [0.4, 0.5) is 5.69 Å². The first-order chi connectivity index (χ1) is 8.65. The lowest BCUT2D eigenvalue weighted by atomic mass is 10.1. The van der Waals surface area contributed by atoms with Gasteiger partial charge in [0.1, 0.15) is 5.75 Å². The summed E-state index contributed by atoms with van der Waals surface area (Å²) >= 11 is 6.33. The molecule has 100 valence electrons. The Hall–Kier alpha value is -0.930. The van der Waals surface area contributed by atoms with Gasteiger partial charge in [-0.15, -0.1) is 0 Å². The first-order valence-electron chi connectivity index (χ1n) is 6.49. The summed E-state index contributed by atoms with van der Waals surface area (Å²) in [7, 11) is 1.68. The van der Waals surface area contributed by atoms with Gasteiger partial charge < -0.3 is 15.0 Å². The number of methoxy groups -OCH3 is 1. The Morgan fingerprint density at radius 2 is 2.28 bits per heavy atom. The summed E-state index contributed by atoms with van der Waals surface area (Å²) in [6.45, 7) is 6.41. The van der Waals surface area contributed by atoms with E-state index in [-0.39, 0.29) is 0 Å². The number of nitrogens with zero attached hydrogens (tertiary/aromatic N) is 1. The van der Waals surface area contributed by atoms with Crippen molar-refractivity contribution in [3.05, 3.63) is 23.2 Å². The Labute approximate surface area is 114 Å². The van der Waals surface area contributed by atoms with E-state index in [2.05, 4.69) is 24.1 Å². The lowest BCUT2D eigenvalue weighted by molar-refractivity contribution is 0.395. The normalized spacial score (nSPS) is 24.1. The Kier molecular flexibility index (Phi) is 4.36. The zero-order valence-electron chi connectivity index (χ0n) is 11.2. The second-order valence-corrected chi connectivity index (χ2v) is 5.24. The average molecular weight is 269 g/mol. The van der Waals surface area contributed by atoms with E-state index in [4.69, 9.17) is 16.3 Å². The van der Waals surface area contributed by atoms with Crippen molar-refractivity contribution in [2.75, 3.05) is 25.1 Å². The van der Waals surface area contributed by atoms with E-state index >= 15 is 0 Å². The van der Waals surface area contributed by atoms with E-state index in [1.807, 2.05) is 18.2 Å². The number of ether oxygens (including phenoxy) is 1. The van der Waals surface area contributed by atoms with E-state index < -0.39 is 0 Å². The van der Waals surface area contributed by atoms with Crippen LogP contribution in [0.5, 0.6) is 5.75 Å². The van der Waals surface area contributed by atoms with Gasteiger partial charge in [-0.25, -0.2) is 0 Å². The zero-order chi connectivity index (χ0) is 13.1. The van der Waals surface area contributed by atoms with Crippen LogP contribution in [-0.2, 0) is 0 Å². The first kappa shape index (κ1) is 13.5. The van der Waals surface area contributed by atoms with Gasteiger partial charge in [0.2, 0.25) is 0 Å². The number of piperazine rings is 1. The van der Waals surface area contributed by atoms with Gasteiger partial charge in [-0.05, 0) is 25.5 Å². The second kappa shape index (κ2) is 5.81. The highest BCUT2D eigenvalue weighted by molar-refractivity contribution is 6.33. The molecular formula is C14H21ClN2O. The van der Waals surface area contributed by atoms with E-state index in [1.54, 1.807) is 7.11 Å². The van der Waals surface area contributed by atoms with E-state index in [0.717, 1.165) is 36.0 Å². The molecule has 0 amide bonds. The molecule has 1 fully saturated rings. The lowest BCUT2D eigenvalue weighted by Crippen LogP contribution is -2.55. The lowest BCUT2D eigenvalue weighted by Gasteiger charge is -2.40. The molecule has 1 aliphatic rings. The molecular weight excluding hydrogens is 248 g/mol. The Morgan fingerprint density at radius 1 is 1.50 bits per heavy atom. The molecule has 2 unspecified atom stereocenters. The smallest absolute Gasteiger partial charge is 0.121 e. The van der Waals surface area contributed by atoms with Gasteiger partial charge >= 0.3 is 0 Å². The van der Waals surface area contributed by atoms with Crippen molar-refractivity contribution in [2.24, 2.45) is 0 Å². The van der Waals surface area contributed by atoms with Crippen molar-refractivity contribution in [1.29, 1.82) is 0 Å². The maximum absolute atomic E-state index is 6.33. The van der Waals surface area contributed by atoms with Crippen molar-refractivity contribution in [2.45, 2.75) is 32.4 Å². The summed E-state index contributed by atoms with van der Waals surface area (Å²) in [4.78, 5) is 2.37. The number of benzene rings is 1.